The normalized spacial score (nSPS) is 21.8. The Kier molecular flexibility index (Phi) is 5.63. The molecule has 1 aliphatic heterocycles. The highest BCUT2D eigenvalue weighted by molar-refractivity contribution is 6.34. The molecule has 8 heteroatoms. The minimum Gasteiger partial charge on any atom is -0.506 e. The number of allylic oxidation sites excluding steroid dienone is 2. The number of rotatable bonds is 2. The lowest BCUT2D eigenvalue weighted by Gasteiger charge is -2.45. The van der Waals surface area contributed by atoms with Crippen molar-refractivity contribution >= 4 is 41.0 Å². The van der Waals surface area contributed by atoms with Gasteiger partial charge >= 0.3 is 12.1 Å². The first-order chi connectivity index (χ1) is 15.0. The zero-order valence-electron chi connectivity index (χ0n) is 17.8. The molecule has 2 aromatic carbocycles. The van der Waals surface area contributed by atoms with E-state index in [9.17, 15) is 19.8 Å². The first kappa shape index (κ1) is 22.5. The van der Waals surface area contributed by atoms with Crippen LogP contribution in [0.4, 0.5) is 10.5 Å². The Bertz CT molecular complexity index is 1120. The number of carbonyl (C=O) groups is 2. The molecule has 2 aromatic rings. The first-order valence-corrected chi connectivity index (χ1v) is 11.0. The van der Waals surface area contributed by atoms with Crippen LogP contribution in [0.1, 0.15) is 60.6 Å². The number of carboxylic acid groups (broad SMARTS) is 1. The van der Waals surface area contributed by atoms with Gasteiger partial charge in [-0.05, 0) is 50.8 Å². The Morgan fingerprint density at radius 1 is 1.16 bits per heavy atom. The van der Waals surface area contributed by atoms with Gasteiger partial charge in [0, 0.05) is 22.6 Å². The molecule has 0 bridgehead atoms. The van der Waals surface area contributed by atoms with Crippen LogP contribution >= 0.6 is 23.2 Å². The van der Waals surface area contributed by atoms with Crippen molar-refractivity contribution in [3.8, 4) is 5.75 Å². The van der Waals surface area contributed by atoms with Gasteiger partial charge in [-0.2, -0.15) is 0 Å². The van der Waals surface area contributed by atoms with E-state index in [0.717, 1.165) is 5.56 Å². The number of fused-ring (bicyclic) bond motifs is 3. The monoisotopic (exact) mass is 475 g/mol. The van der Waals surface area contributed by atoms with Gasteiger partial charge in [0.25, 0.3) is 0 Å². The molecular formula is C24H23Cl2NO5. The van der Waals surface area contributed by atoms with Gasteiger partial charge in [0.05, 0.1) is 22.3 Å². The Hall–Kier alpha value is -2.70. The highest BCUT2D eigenvalue weighted by Gasteiger charge is 2.49. The van der Waals surface area contributed by atoms with E-state index in [4.69, 9.17) is 27.9 Å². The number of amides is 1. The van der Waals surface area contributed by atoms with E-state index in [0.29, 0.717) is 17.0 Å². The number of phenolic OH excluding ortho intramolecular Hbond substituents is 1. The number of benzene rings is 2. The fourth-order valence-corrected chi connectivity index (χ4v) is 5.06. The van der Waals surface area contributed by atoms with E-state index in [-0.39, 0.29) is 33.9 Å². The van der Waals surface area contributed by atoms with Crippen molar-refractivity contribution in [2.75, 3.05) is 4.90 Å². The Morgan fingerprint density at radius 3 is 2.41 bits per heavy atom. The largest absolute Gasteiger partial charge is 0.506 e. The first-order valence-electron chi connectivity index (χ1n) is 10.2. The van der Waals surface area contributed by atoms with Crippen molar-refractivity contribution in [3.05, 3.63) is 69.2 Å². The number of phenols is 1. The van der Waals surface area contributed by atoms with E-state index in [1.807, 2.05) is 24.3 Å². The number of carbonyl (C=O) groups excluding carboxylic acids is 1. The van der Waals surface area contributed by atoms with Crippen molar-refractivity contribution in [1.82, 2.24) is 0 Å². The fraction of sp³-hybridized carbons (Fsp3) is 0.333. The highest BCUT2D eigenvalue weighted by Crippen LogP contribution is 2.57. The molecule has 0 spiro atoms. The third-order valence-corrected chi connectivity index (χ3v) is 6.31. The zero-order valence-corrected chi connectivity index (χ0v) is 19.3. The molecule has 2 aliphatic rings. The number of hydrogen-bond donors (Lipinski definition) is 2. The van der Waals surface area contributed by atoms with E-state index in [1.54, 1.807) is 32.9 Å². The lowest BCUT2D eigenvalue weighted by Crippen LogP contribution is -2.46. The third-order valence-electron chi connectivity index (χ3n) is 5.76. The summed E-state index contributed by atoms with van der Waals surface area (Å²) in [5.41, 5.74) is 0.302. The minimum absolute atomic E-state index is 0.0816. The van der Waals surface area contributed by atoms with Crippen molar-refractivity contribution in [2.24, 2.45) is 5.92 Å². The molecule has 32 heavy (non-hydrogen) atoms. The van der Waals surface area contributed by atoms with Gasteiger partial charge < -0.3 is 14.9 Å². The Morgan fingerprint density at radius 2 is 1.81 bits per heavy atom. The van der Waals surface area contributed by atoms with E-state index >= 15 is 0 Å². The summed E-state index contributed by atoms with van der Waals surface area (Å²) in [5, 5.41) is 21.3. The molecular weight excluding hydrogens is 453 g/mol. The maximum Gasteiger partial charge on any atom is 0.415 e. The van der Waals surface area contributed by atoms with E-state index in [2.05, 4.69) is 0 Å². The zero-order chi connectivity index (χ0) is 23.4. The molecule has 1 aliphatic carbocycles. The summed E-state index contributed by atoms with van der Waals surface area (Å²) in [5.74, 6) is -2.02. The number of aromatic hydroxyl groups is 1. The number of carboxylic acids is 1. The maximum atomic E-state index is 13.5. The predicted octanol–water partition coefficient (Wildman–Crippen LogP) is 6.55. The molecule has 3 atom stereocenters. The molecule has 168 valence electrons. The second kappa shape index (κ2) is 8.01. The molecule has 0 radical (unpaired) electrons. The number of halogens is 2. The molecule has 1 amide bonds. The standard InChI is InChI=1S/C24H23Cl2NO5/c1-24(2,3)32-23(31)27-20(12-7-9-13(25)10-8-12)15-6-4-5-14(15)18-19(22(29)30)16(26)11-17(28)21(18)27/h4-5,7-11,14-15,20,28H,6H2,1-3H3,(H,29,30). The van der Waals surface area contributed by atoms with Gasteiger partial charge in [0.15, 0.2) is 0 Å². The topological polar surface area (TPSA) is 87.1 Å². The summed E-state index contributed by atoms with van der Waals surface area (Å²) < 4.78 is 5.69. The summed E-state index contributed by atoms with van der Waals surface area (Å²) in [4.78, 5) is 27.0. The van der Waals surface area contributed by atoms with Crippen LogP contribution in [0, 0.1) is 5.92 Å². The van der Waals surface area contributed by atoms with Crippen LogP contribution in [0.15, 0.2) is 42.5 Å². The molecule has 6 nitrogen and oxygen atoms in total. The van der Waals surface area contributed by atoms with Crippen LogP contribution in [0.5, 0.6) is 5.75 Å². The lowest BCUT2D eigenvalue weighted by atomic mass is 9.74. The Labute approximate surface area is 196 Å². The minimum atomic E-state index is -1.22. The third kappa shape index (κ3) is 3.82. The number of ether oxygens (including phenoxy) is 1. The van der Waals surface area contributed by atoms with Crippen LogP contribution in [-0.2, 0) is 4.74 Å². The van der Waals surface area contributed by atoms with Gasteiger partial charge in [-0.15, -0.1) is 0 Å². The lowest BCUT2D eigenvalue weighted by molar-refractivity contribution is 0.0541. The summed E-state index contributed by atoms with van der Waals surface area (Å²) >= 11 is 12.3. The molecule has 0 saturated carbocycles. The van der Waals surface area contributed by atoms with Crippen LogP contribution in [-0.4, -0.2) is 27.9 Å². The van der Waals surface area contributed by atoms with Crippen LogP contribution < -0.4 is 4.90 Å². The molecule has 3 unspecified atom stereocenters. The Balaban J connectivity index is 2.01. The summed E-state index contributed by atoms with van der Waals surface area (Å²) in [6.07, 6.45) is 3.81. The fourth-order valence-electron chi connectivity index (χ4n) is 4.65. The van der Waals surface area contributed by atoms with Gasteiger partial charge in [-0.3, -0.25) is 4.90 Å². The second-order valence-corrected chi connectivity index (χ2v) is 9.86. The molecule has 2 N–H and O–H groups in total. The van der Waals surface area contributed by atoms with Crippen LogP contribution in [0.25, 0.3) is 0 Å². The average molecular weight is 476 g/mol. The molecule has 0 aromatic heterocycles. The van der Waals surface area contributed by atoms with Crippen LogP contribution in [0.2, 0.25) is 10.0 Å². The SMILES string of the molecule is CC(C)(C)OC(=O)N1c2c(O)cc(Cl)c(C(=O)O)c2C2C=CCC2C1c1ccc(Cl)cc1. The quantitative estimate of drug-likeness (QED) is 0.480. The summed E-state index contributed by atoms with van der Waals surface area (Å²) in [7, 11) is 0. The number of anilines is 1. The highest BCUT2D eigenvalue weighted by atomic mass is 35.5. The summed E-state index contributed by atoms with van der Waals surface area (Å²) in [6.45, 7) is 5.24. The van der Waals surface area contributed by atoms with Crippen molar-refractivity contribution in [1.29, 1.82) is 0 Å². The van der Waals surface area contributed by atoms with Crippen molar-refractivity contribution in [2.45, 2.75) is 44.8 Å². The van der Waals surface area contributed by atoms with E-state index in [1.165, 1.54) is 11.0 Å². The summed E-state index contributed by atoms with van der Waals surface area (Å²) in [6, 6.07) is 7.79. The van der Waals surface area contributed by atoms with Crippen molar-refractivity contribution in [3.63, 3.8) is 0 Å². The van der Waals surface area contributed by atoms with Gasteiger partial charge in [-0.25, -0.2) is 9.59 Å². The van der Waals surface area contributed by atoms with Crippen LogP contribution in [0.3, 0.4) is 0 Å². The molecule has 0 fully saturated rings. The van der Waals surface area contributed by atoms with E-state index < -0.39 is 23.7 Å². The predicted molar refractivity (Wildman–Crippen MR) is 123 cm³/mol. The van der Waals surface area contributed by atoms with Gasteiger partial charge in [-0.1, -0.05) is 47.5 Å². The maximum absolute atomic E-state index is 13.5. The van der Waals surface area contributed by atoms with Crippen molar-refractivity contribution < 1.29 is 24.5 Å². The number of aromatic carboxylic acids is 1. The van der Waals surface area contributed by atoms with Gasteiger partial charge in [0.2, 0.25) is 0 Å². The average Bonchev–Trinajstić information content (AvgIpc) is 3.15. The number of hydrogen-bond acceptors (Lipinski definition) is 4. The molecule has 1 heterocycles. The number of nitrogens with zero attached hydrogens (tertiary/aromatic N) is 1. The molecule has 0 saturated heterocycles. The smallest absolute Gasteiger partial charge is 0.415 e. The second-order valence-electron chi connectivity index (χ2n) is 9.02. The molecule has 4 rings (SSSR count). The van der Waals surface area contributed by atoms with Gasteiger partial charge in [0.1, 0.15) is 11.4 Å².